The van der Waals surface area contributed by atoms with Crippen LogP contribution in [0.2, 0.25) is 0 Å². The number of hydrogen-bond donors (Lipinski definition) is 3. The number of nitrogens with zero attached hydrogens (tertiary/aromatic N) is 3. The Labute approximate surface area is 145 Å². The lowest BCUT2D eigenvalue weighted by atomic mass is 10.1. The van der Waals surface area contributed by atoms with Crippen LogP contribution >= 0.6 is 12.4 Å². The zero-order valence-corrected chi connectivity index (χ0v) is 14.1. The van der Waals surface area contributed by atoms with E-state index < -0.39 is 0 Å². The third kappa shape index (κ3) is 2.88. The van der Waals surface area contributed by atoms with Crippen LogP contribution in [0.25, 0.3) is 5.65 Å². The predicted molar refractivity (Wildman–Crippen MR) is 92.3 cm³/mol. The van der Waals surface area contributed by atoms with Crippen molar-refractivity contribution in [3.63, 3.8) is 0 Å². The fourth-order valence-corrected chi connectivity index (χ4v) is 2.96. The van der Waals surface area contributed by atoms with E-state index in [4.69, 9.17) is 0 Å². The highest BCUT2D eigenvalue weighted by Gasteiger charge is 2.21. The number of aromatic amines is 1. The molecule has 3 aromatic heterocycles. The molecule has 126 valence electrons. The van der Waals surface area contributed by atoms with Crippen molar-refractivity contribution in [1.29, 1.82) is 0 Å². The molecule has 4 rings (SSSR count). The SMILES string of the molecule is Cc1cccn2cc(CNC(=O)c3n[nH]c4c3CNCC4)nc12.Cl. The van der Waals surface area contributed by atoms with Gasteiger partial charge in [-0.2, -0.15) is 5.10 Å². The molecule has 8 heteroatoms. The molecule has 1 aliphatic rings. The van der Waals surface area contributed by atoms with Gasteiger partial charge in [0.1, 0.15) is 5.65 Å². The van der Waals surface area contributed by atoms with Crippen LogP contribution in [0.4, 0.5) is 0 Å². The Kier molecular flexibility index (Phi) is 4.55. The molecule has 0 fully saturated rings. The molecule has 1 amide bonds. The maximum absolute atomic E-state index is 12.4. The van der Waals surface area contributed by atoms with Gasteiger partial charge in [-0.15, -0.1) is 12.4 Å². The average Bonchev–Trinajstić information content (AvgIpc) is 3.17. The van der Waals surface area contributed by atoms with Gasteiger partial charge in [0.05, 0.1) is 12.2 Å². The van der Waals surface area contributed by atoms with Gasteiger partial charge in [-0.3, -0.25) is 9.89 Å². The van der Waals surface area contributed by atoms with Crippen LogP contribution in [0.3, 0.4) is 0 Å². The molecule has 0 saturated carbocycles. The van der Waals surface area contributed by atoms with Crippen molar-refractivity contribution >= 4 is 24.0 Å². The number of nitrogens with one attached hydrogen (secondary N) is 3. The van der Waals surface area contributed by atoms with Crippen LogP contribution in [-0.2, 0) is 19.5 Å². The summed E-state index contributed by atoms with van der Waals surface area (Å²) in [5.41, 5.74) is 5.36. The normalized spacial score (nSPS) is 13.4. The van der Waals surface area contributed by atoms with Gasteiger partial charge >= 0.3 is 0 Å². The zero-order valence-electron chi connectivity index (χ0n) is 13.3. The molecule has 0 spiro atoms. The third-order valence-electron chi connectivity index (χ3n) is 4.18. The van der Waals surface area contributed by atoms with Crippen molar-refractivity contribution in [3.8, 4) is 0 Å². The van der Waals surface area contributed by atoms with Crippen LogP contribution in [0.5, 0.6) is 0 Å². The Morgan fingerprint density at radius 1 is 1.46 bits per heavy atom. The van der Waals surface area contributed by atoms with Crippen LogP contribution in [0.1, 0.15) is 33.0 Å². The highest BCUT2D eigenvalue weighted by molar-refractivity contribution is 5.94. The minimum atomic E-state index is -0.167. The Morgan fingerprint density at radius 2 is 2.33 bits per heavy atom. The lowest BCUT2D eigenvalue weighted by Crippen LogP contribution is -2.28. The zero-order chi connectivity index (χ0) is 15.8. The second-order valence-corrected chi connectivity index (χ2v) is 5.79. The molecule has 4 heterocycles. The van der Waals surface area contributed by atoms with Crippen LogP contribution in [0, 0.1) is 6.92 Å². The van der Waals surface area contributed by atoms with E-state index in [-0.39, 0.29) is 18.3 Å². The first-order chi connectivity index (χ1) is 11.2. The second kappa shape index (κ2) is 6.62. The number of carbonyl (C=O) groups is 1. The summed E-state index contributed by atoms with van der Waals surface area (Å²) in [5.74, 6) is -0.167. The maximum atomic E-state index is 12.4. The number of halogens is 1. The van der Waals surface area contributed by atoms with Gasteiger partial charge in [0.2, 0.25) is 0 Å². The summed E-state index contributed by atoms with van der Waals surface area (Å²) in [6.07, 6.45) is 4.77. The molecule has 0 saturated heterocycles. The summed E-state index contributed by atoms with van der Waals surface area (Å²) in [4.78, 5) is 16.9. The molecule has 0 unspecified atom stereocenters. The third-order valence-corrected chi connectivity index (χ3v) is 4.18. The van der Waals surface area contributed by atoms with Gasteiger partial charge in [-0.1, -0.05) is 6.07 Å². The lowest BCUT2D eigenvalue weighted by Gasteiger charge is -2.12. The van der Waals surface area contributed by atoms with E-state index in [9.17, 15) is 4.79 Å². The Bertz CT molecular complexity index is 884. The number of H-pyrrole nitrogens is 1. The van der Waals surface area contributed by atoms with Gasteiger partial charge in [-0.25, -0.2) is 4.98 Å². The monoisotopic (exact) mass is 346 g/mol. The van der Waals surface area contributed by atoms with Crippen molar-refractivity contribution in [2.75, 3.05) is 6.54 Å². The first kappa shape index (κ1) is 16.5. The minimum Gasteiger partial charge on any atom is -0.345 e. The first-order valence-corrected chi connectivity index (χ1v) is 7.70. The minimum absolute atomic E-state index is 0. The molecule has 7 nitrogen and oxygen atoms in total. The Balaban J connectivity index is 0.00000169. The molecule has 24 heavy (non-hydrogen) atoms. The first-order valence-electron chi connectivity index (χ1n) is 7.70. The average molecular weight is 347 g/mol. The second-order valence-electron chi connectivity index (χ2n) is 5.79. The van der Waals surface area contributed by atoms with E-state index in [1.165, 1.54) is 0 Å². The molecule has 0 aliphatic carbocycles. The lowest BCUT2D eigenvalue weighted by molar-refractivity contribution is 0.0944. The number of pyridine rings is 1. The quantitative estimate of drug-likeness (QED) is 0.668. The highest BCUT2D eigenvalue weighted by atomic mass is 35.5. The van der Waals surface area contributed by atoms with E-state index >= 15 is 0 Å². The Hall–Kier alpha value is -2.38. The van der Waals surface area contributed by atoms with Gasteiger partial charge < -0.3 is 15.0 Å². The molecule has 3 N–H and O–H groups in total. The van der Waals surface area contributed by atoms with Gasteiger partial charge in [0.25, 0.3) is 5.91 Å². The number of imidazole rings is 1. The standard InChI is InChI=1S/C16H18N6O.ClH/c1-10-3-2-6-22-9-11(19-15(10)22)7-18-16(23)14-12-8-17-5-4-13(12)20-21-14;/h2-3,6,9,17H,4-5,7-8H2,1H3,(H,18,23)(H,20,21);1H. The molecule has 3 aromatic rings. The molecule has 1 aliphatic heterocycles. The number of fused-ring (bicyclic) bond motifs is 2. The summed E-state index contributed by atoms with van der Waals surface area (Å²) in [6, 6.07) is 4.00. The number of carbonyl (C=O) groups excluding carboxylic acids is 1. The fraction of sp³-hybridized carbons (Fsp3) is 0.312. The number of hydrogen-bond acceptors (Lipinski definition) is 4. The topological polar surface area (TPSA) is 87.1 Å². The molecule has 0 aromatic carbocycles. The molecular formula is C16H19ClN6O. The molecule has 0 bridgehead atoms. The number of rotatable bonds is 3. The van der Waals surface area contributed by atoms with Crippen LogP contribution in [-0.4, -0.2) is 32.0 Å². The predicted octanol–water partition coefficient (Wildman–Crippen LogP) is 1.36. The summed E-state index contributed by atoms with van der Waals surface area (Å²) in [7, 11) is 0. The van der Waals surface area contributed by atoms with Gasteiger partial charge in [0.15, 0.2) is 5.69 Å². The van der Waals surface area contributed by atoms with E-state index in [0.29, 0.717) is 18.8 Å². The number of aryl methyl sites for hydroxylation is 1. The van der Waals surface area contributed by atoms with Gasteiger partial charge in [0, 0.05) is 43.2 Å². The van der Waals surface area contributed by atoms with Crippen molar-refractivity contribution in [2.24, 2.45) is 0 Å². The molecular weight excluding hydrogens is 328 g/mol. The van der Waals surface area contributed by atoms with Crippen molar-refractivity contribution in [1.82, 2.24) is 30.2 Å². The van der Waals surface area contributed by atoms with Crippen molar-refractivity contribution in [2.45, 2.75) is 26.4 Å². The van der Waals surface area contributed by atoms with Gasteiger partial charge in [-0.05, 0) is 18.6 Å². The Morgan fingerprint density at radius 3 is 3.17 bits per heavy atom. The molecule has 0 atom stereocenters. The van der Waals surface area contributed by atoms with E-state index in [1.807, 2.05) is 35.9 Å². The number of aromatic nitrogens is 4. The number of amides is 1. The maximum Gasteiger partial charge on any atom is 0.272 e. The fourth-order valence-electron chi connectivity index (χ4n) is 2.96. The van der Waals surface area contributed by atoms with E-state index in [2.05, 4.69) is 25.8 Å². The summed E-state index contributed by atoms with van der Waals surface area (Å²) in [5, 5.41) is 13.3. The highest BCUT2D eigenvalue weighted by Crippen LogP contribution is 2.15. The molecule has 0 radical (unpaired) electrons. The summed E-state index contributed by atoms with van der Waals surface area (Å²) in [6.45, 7) is 4.00. The van der Waals surface area contributed by atoms with E-state index in [1.54, 1.807) is 0 Å². The van der Waals surface area contributed by atoms with Crippen molar-refractivity contribution in [3.05, 3.63) is 52.7 Å². The smallest absolute Gasteiger partial charge is 0.272 e. The van der Waals surface area contributed by atoms with E-state index in [0.717, 1.165) is 41.1 Å². The van der Waals surface area contributed by atoms with Crippen LogP contribution in [0.15, 0.2) is 24.5 Å². The van der Waals surface area contributed by atoms with Crippen molar-refractivity contribution < 1.29 is 4.79 Å². The largest absolute Gasteiger partial charge is 0.345 e. The summed E-state index contributed by atoms with van der Waals surface area (Å²) >= 11 is 0. The van der Waals surface area contributed by atoms with Crippen LogP contribution < -0.4 is 10.6 Å². The summed E-state index contributed by atoms with van der Waals surface area (Å²) < 4.78 is 1.97.